The van der Waals surface area contributed by atoms with Crippen LogP contribution in [0.2, 0.25) is 0 Å². The Labute approximate surface area is 107 Å². The van der Waals surface area contributed by atoms with E-state index in [1.54, 1.807) is 0 Å². The molecule has 0 saturated carbocycles. The van der Waals surface area contributed by atoms with Crippen LogP contribution in [-0.4, -0.2) is 33.3 Å². The summed E-state index contributed by atoms with van der Waals surface area (Å²) in [5, 5.41) is 9.32. The molecule has 17 heavy (non-hydrogen) atoms. The van der Waals surface area contributed by atoms with E-state index >= 15 is 0 Å². The van der Waals surface area contributed by atoms with E-state index in [4.69, 9.17) is 5.11 Å². The van der Waals surface area contributed by atoms with Gasteiger partial charge in [0.25, 0.3) is 0 Å². The highest BCUT2D eigenvalue weighted by atomic mass is 79.9. The van der Waals surface area contributed by atoms with E-state index in [9.17, 15) is 9.59 Å². The van der Waals surface area contributed by atoms with Crippen molar-refractivity contribution in [2.24, 2.45) is 0 Å². The van der Waals surface area contributed by atoms with Crippen LogP contribution in [0.5, 0.6) is 0 Å². The number of carboxylic acid groups (broad SMARTS) is 1. The van der Waals surface area contributed by atoms with Gasteiger partial charge >= 0.3 is 5.97 Å². The van der Waals surface area contributed by atoms with Crippen LogP contribution in [0.25, 0.3) is 0 Å². The van der Waals surface area contributed by atoms with Gasteiger partial charge in [-0.25, -0.2) is 4.79 Å². The molecule has 0 fully saturated rings. The van der Waals surface area contributed by atoms with Crippen molar-refractivity contribution in [1.29, 1.82) is 0 Å². The molecule has 1 aromatic rings. The summed E-state index contributed by atoms with van der Waals surface area (Å²) in [6.45, 7) is 0.373. The second kappa shape index (κ2) is 4.87. The Morgan fingerprint density at radius 2 is 2.00 bits per heavy atom. The molecular weight excluding hydrogens is 286 g/mol. The van der Waals surface area contributed by atoms with E-state index < -0.39 is 12.0 Å². The lowest BCUT2D eigenvalue weighted by Gasteiger charge is -2.34. The van der Waals surface area contributed by atoms with E-state index in [1.807, 2.05) is 24.3 Å². The van der Waals surface area contributed by atoms with Gasteiger partial charge in [-0.15, -0.1) is 0 Å². The van der Waals surface area contributed by atoms with Crippen LogP contribution in [0.1, 0.15) is 11.1 Å². The smallest absolute Gasteiger partial charge is 0.326 e. The summed E-state index contributed by atoms with van der Waals surface area (Å²) in [6.07, 6.45) is 0.379. The number of halogens is 1. The van der Waals surface area contributed by atoms with Gasteiger partial charge in [-0.05, 0) is 11.1 Å². The molecule has 5 heteroatoms. The zero-order valence-electron chi connectivity index (χ0n) is 9.10. The Balaban J connectivity index is 2.34. The van der Waals surface area contributed by atoms with Gasteiger partial charge in [0.05, 0.1) is 5.33 Å². The second-order valence-corrected chi connectivity index (χ2v) is 4.54. The molecule has 1 aliphatic rings. The predicted molar refractivity (Wildman–Crippen MR) is 65.9 cm³/mol. The monoisotopic (exact) mass is 297 g/mol. The molecule has 0 spiro atoms. The summed E-state index contributed by atoms with van der Waals surface area (Å²) in [4.78, 5) is 24.3. The number of carbonyl (C=O) groups is 2. The summed E-state index contributed by atoms with van der Waals surface area (Å²) < 4.78 is 0. The van der Waals surface area contributed by atoms with Crippen molar-refractivity contribution < 1.29 is 14.7 Å². The van der Waals surface area contributed by atoms with Crippen LogP contribution in [0.15, 0.2) is 24.3 Å². The number of hydrogen-bond acceptors (Lipinski definition) is 2. The maximum absolute atomic E-state index is 11.7. The number of carbonyl (C=O) groups excluding carboxylic acids is 1. The molecule has 0 aromatic heterocycles. The number of rotatable bonds is 2. The van der Waals surface area contributed by atoms with Gasteiger partial charge in [0, 0.05) is 13.0 Å². The average molecular weight is 298 g/mol. The highest BCUT2D eigenvalue weighted by Gasteiger charge is 2.33. The molecule has 0 bridgehead atoms. The number of aliphatic carboxylic acids is 1. The Morgan fingerprint density at radius 3 is 2.59 bits per heavy atom. The van der Waals surface area contributed by atoms with Gasteiger partial charge in [0.15, 0.2) is 0 Å². The summed E-state index contributed by atoms with van der Waals surface area (Å²) in [5.41, 5.74) is 2.04. The number of nitrogens with zero attached hydrogens (tertiary/aromatic N) is 1. The van der Waals surface area contributed by atoms with Gasteiger partial charge in [-0.3, -0.25) is 4.79 Å². The Kier molecular flexibility index (Phi) is 3.47. The molecular formula is C12H12BrNO3. The highest BCUT2D eigenvalue weighted by Crippen LogP contribution is 2.23. The lowest BCUT2D eigenvalue weighted by atomic mass is 9.94. The van der Waals surface area contributed by atoms with Crippen LogP contribution in [0.3, 0.4) is 0 Å². The lowest BCUT2D eigenvalue weighted by molar-refractivity contribution is -0.150. The van der Waals surface area contributed by atoms with Crippen molar-refractivity contribution in [3.05, 3.63) is 35.4 Å². The third-order valence-electron chi connectivity index (χ3n) is 2.97. The molecule has 0 aliphatic carbocycles. The quantitative estimate of drug-likeness (QED) is 0.840. The van der Waals surface area contributed by atoms with Crippen molar-refractivity contribution in [2.45, 2.75) is 19.0 Å². The van der Waals surface area contributed by atoms with E-state index in [2.05, 4.69) is 15.9 Å². The molecule has 1 amide bonds. The first-order valence-corrected chi connectivity index (χ1v) is 6.40. The van der Waals surface area contributed by atoms with Gasteiger partial charge in [0.2, 0.25) is 5.91 Å². The van der Waals surface area contributed by atoms with Crippen LogP contribution >= 0.6 is 15.9 Å². The minimum absolute atomic E-state index is 0.152. The van der Waals surface area contributed by atoms with Crippen molar-refractivity contribution in [2.75, 3.05) is 5.33 Å². The summed E-state index contributed by atoms with van der Waals surface area (Å²) >= 11 is 3.08. The summed E-state index contributed by atoms with van der Waals surface area (Å²) in [5.74, 6) is -1.14. The predicted octanol–water partition coefficient (Wildman–Crippen LogP) is 1.42. The first-order valence-electron chi connectivity index (χ1n) is 5.28. The number of alkyl halides is 1. The molecule has 1 unspecified atom stereocenters. The summed E-state index contributed by atoms with van der Waals surface area (Å²) in [6, 6.07) is 6.88. The van der Waals surface area contributed by atoms with Crippen molar-refractivity contribution in [1.82, 2.24) is 4.90 Å². The topological polar surface area (TPSA) is 57.6 Å². The zero-order chi connectivity index (χ0) is 12.4. The normalized spacial score (nSPS) is 18.6. The van der Waals surface area contributed by atoms with Crippen molar-refractivity contribution in [3.8, 4) is 0 Å². The van der Waals surface area contributed by atoms with Crippen molar-refractivity contribution >= 4 is 27.8 Å². The number of amides is 1. The molecule has 1 aliphatic heterocycles. The molecule has 1 atom stereocenters. The van der Waals surface area contributed by atoms with Crippen LogP contribution < -0.4 is 0 Å². The standard InChI is InChI=1S/C12H12BrNO3/c13-6-11(15)14-7-9-4-2-1-3-8(9)5-10(14)12(16)17/h1-4,10H,5-7H2,(H,16,17). The molecule has 4 nitrogen and oxygen atoms in total. The maximum atomic E-state index is 11.7. The summed E-state index contributed by atoms with van der Waals surface area (Å²) in [7, 11) is 0. The Morgan fingerprint density at radius 1 is 1.35 bits per heavy atom. The third kappa shape index (κ3) is 2.34. The molecule has 2 rings (SSSR count). The lowest BCUT2D eigenvalue weighted by Crippen LogP contribution is -2.49. The van der Waals surface area contributed by atoms with E-state index in [0.717, 1.165) is 11.1 Å². The SMILES string of the molecule is O=C(O)C1Cc2ccccc2CN1C(=O)CBr. The fraction of sp³-hybridized carbons (Fsp3) is 0.333. The second-order valence-electron chi connectivity index (χ2n) is 3.98. The van der Waals surface area contributed by atoms with Crippen LogP contribution in [0.4, 0.5) is 0 Å². The minimum Gasteiger partial charge on any atom is -0.480 e. The van der Waals surface area contributed by atoms with Gasteiger partial charge < -0.3 is 10.0 Å². The maximum Gasteiger partial charge on any atom is 0.326 e. The minimum atomic E-state index is -0.950. The number of fused-ring (bicyclic) bond motifs is 1. The number of carboxylic acids is 1. The first kappa shape index (κ1) is 12.1. The van der Waals surface area contributed by atoms with E-state index in [1.165, 1.54) is 4.90 Å². The van der Waals surface area contributed by atoms with E-state index in [-0.39, 0.29) is 11.2 Å². The third-order valence-corrected chi connectivity index (χ3v) is 3.45. The van der Waals surface area contributed by atoms with Crippen LogP contribution in [0, 0.1) is 0 Å². The van der Waals surface area contributed by atoms with Crippen LogP contribution in [-0.2, 0) is 22.6 Å². The zero-order valence-corrected chi connectivity index (χ0v) is 10.7. The fourth-order valence-corrected chi connectivity index (χ4v) is 2.40. The number of benzene rings is 1. The molecule has 0 saturated heterocycles. The van der Waals surface area contributed by atoms with Crippen molar-refractivity contribution in [3.63, 3.8) is 0 Å². The number of hydrogen-bond donors (Lipinski definition) is 1. The average Bonchev–Trinajstić information content (AvgIpc) is 2.36. The molecule has 0 radical (unpaired) electrons. The van der Waals surface area contributed by atoms with Gasteiger partial charge in [0.1, 0.15) is 6.04 Å². The van der Waals surface area contributed by atoms with Gasteiger partial charge in [-0.1, -0.05) is 40.2 Å². The fourth-order valence-electron chi connectivity index (χ4n) is 2.08. The Bertz CT molecular complexity index is 461. The van der Waals surface area contributed by atoms with Gasteiger partial charge in [-0.2, -0.15) is 0 Å². The molecule has 1 N–H and O–H groups in total. The highest BCUT2D eigenvalue weighted by molar-refractivity contribution is 9.09. The first-order chi connectivity index (χ1) is 8.13. The van der Waals surface area contributed by atoms with E-state index in [0.29, 0.717) is 13.0 Å². The molecule has 1 heterocycles. The molecule has 90 valence electrons. The molecule has 1 aromatic carbocycles. The largest absolute Gasteiger partial charge is 0.480 e. The Hall–Kier alpha value is -1.36.